The normalized spacial score (nSPS) is 16.6. The van der Waals surface area contributed by atoms with E-state index >= 15 is 0 Å². The molecule has 0 bridgehead atoms. The smallest absolute Gasteiger partial charge is 0.246 e. The number of thiazole rings is 1. The van der Waals surface area contributed by atoms with Gasteiger partial charge in [-0.15, -0.1) is 11.3 Å². The van der Waals surface area contributed by atoms with E-state index in [-0.39, 0.29) is 11.8 Å². The highest BCUT2D eigenvalue weighted by atomic mass is 32.1. The molecule has 4 rings (SSSR count). The monoisotopic (exact) mass is 434 g/mol. The summed E-state index contributed by atoms with van der Waals surface area (Å²) in [5.41, 5.74) is 3.63. The van der Waals surface area contributed by atoms with Crippen LogP contribution in [0.25, 0.3) is 6.08 Å². The summed E-state index contributed by atoms with van der Waals surface area (Å²) in [6, 6.07) is 7.86. The first kappa shape index (κ1) is 21.1. The fourth-order valence-electron chi connectivity index (χ4n) is 3.78. The molecule has 1 atom stereocenters. The number of likely N-dealkylation sites (tertiary alicyclic amines) is 1. The molecule has 3 aromatic rings. The van der Waals surface area contributed by atoms with Crippen molar-refractivity contribution < 1.29 is 4.79 Å². The standard InChI is InChI=1S/C23H26N6OS/c1-15-12-16(2)25-23(24-15)28-21-8-4-7-20(27-21)18-6-5-11-29(13-18)22(30)10-9-19-14-31-17(3)26-19/h4,7-10,12,14,18H,5-6,11,13H2,1-3H3,(H,24,25,27,28)/b10-9+. The molecule has 0 spiro atoms. The van der Waals surface area contributed by atoms with Crippen molar-refractivity contribution in [1.29, 1.82) is 0 Å². The van der Waals surface area contributed by atoms with Crippen LogP contribution >= 0.6 is 11.3 Å². The van der Waals surface area contributed by atoms with Gasteiger partial charge in [0.2, 0.25) is 11.9 Å². The van der Waals surface area contributed by atoms with Gasteiger partial charge in [-0.05, 0) is 57.9 Å². The van der Waals surface area contributed by atoms with Crippen LogP contribution in [0.4, 0.5) is 11.8 Å². The molecule has 1 saturated heterocycles. The van der Waals surface area contributed by atoms with Crippen LogP contribution < -0.4 is 5.32 Å². The van der Waals surface area contributed by atoms with Crippen LogP contribution in [0, 0.1) is 20.8 Å². The highest BCUT2D eigenvalue weighted by molar-refractivity contribution is 7.09. The topological polar surface area (TPSA) is 83.9 Å². The van der Waals surface area contributed by atoms with Gasteiger partial charge in [-0.3, -0.25) is 4.79 Å². The van der Waals surface area contributed by atoms with E-state index in [1.54, 1.807) is 23.5 Å². The van der Waals surface area contributed by atoms with E-state index < -0.39 is 0 Å². The van der Waals surface area contributed by atoms with Gasteiger partial charge in [-0.25, -0.2) is 19.9 Å². The molecule has 160 valence electrons. The average Bonchev–Trinajstić information content (AvgIpc) is 3.17. The van der Waals surface area contributed by atoms with Gasteiger partial charge in [0.1, 0.15) is 5.82 Å². The van der Waals surface area contributed by atoms with Gasteiger partial charge in [0.05, 0.1) is 10.7 Å². The molecule has 0 aliphatic carbocycles. The summed E-state index contributed by atoms with van der Waals surface area (Å²) in [4.78, 5) is 32.6. The minimum atomic E-state index is 0.0215. The lowest BCUT2D eigenvalue weighted by Gasteiger charge is -2.32. The Morgan fingerprint density at radius 1 is 1.16 bits per heavy atom. The number of hydrogen-bond donors (Lipinski definition) is 1. The number of rotatable bonds is 5. The second-order valence-electron chi connectivity index (χ2n) is 7.80. The number of nitrogens with one attached hydrogen (secondary N) is 1. The number of carbonyl (C=O) groups excluding carboxylic acids is 1. The number of amides is 1. The highest BCUT2D eigenvalue weighted by Crippen LogP contribution is 2.27. The quantitative estimate of drug-likeness (QED) is 0.599. The molecule has 1 aliphatic rings. The number of aryl methyl sites for hydroxylation is 3. The number of nitrogens with zero attached hydrogens (tertiary/aromatic N) is 5. The van der Waals surface area contributed by atoms with Crippen molar-refractivity contribution in [1.82, 2.24) is 24.8 Å². The van der Waals surface area contributed by atoms with Gasteiger partial charge in [0.25, 0.3) is 0 Å². The Kier molecular flexibility index (Phi) is 6.36. The zero-order valence-corrected chi connectivity index (χ0v) is 18.8. The van der Waals surface area contributed by atoms with Gasteiger partial charge >= 0.3 is 0 Å². The molecular formula is C23H26N6OS. The van der Waals surface area contributed by atoms with Crippen LogP contribution in [0.1, 0.15) is 46.5 Å². The number of anilines is 2. The Balaban J connectivity index is 1.43. The molecule has 7 nitrogen and oxygen atoms in total. The number of carbonyl (C=O) groups is 1. The predicted molar refractivity (Wildman–Crippen MR) is 123 cm³/mol. The fraction of sp³-hybridized carbons (Fsp3) is 0.348. The number of piperidine rings is 1. The Morgan fingerprint density at radius 3 is 2.71 bits per heavy atom. The zero-order valence-electron chi connectivity index (χ0n) is 18.0. The van der Waals surface area contributed by atoms with Crippen molar-refractivity contribution in [2.75, 3.05) is 18.4 Å². The van der Waals surface area contributed by atoms with Crippen LogP contribution in [0.3, 0.4) is 0 Å². The van der Waals surface area contributed by atoms with Crippen molar-refractivity contribution in [3.05, 3.63) is 63.5 Å². The van der Waals surface area contributed by atoms with Crippen LogP contribution in [0.5, 0.6) is 0 Å². The molecule has 0 saturated carbocycles. The lowest BCUT2D eigenvalue weighted by Crippen LogP contribution is -2.38. The van der Waals surface area contributed by atoms with Gasteiger partial charge in [-0.2, -0.15) is 0 Å². The maximum atomic E-state index is 12.7. The zero-order chi connectivity index (χ0) is 21.8. The number of pyridine rings is 1. The molecule has 31 heavy (non-hydrogen) atoms. The van der Waals surface area contributed by atoms with Gasteiger partial charge in [0, 0.05) is 47.5 Å². The summed E-state index contributed by atoms with van der Waals surface area (Å²) in [5.74, 6) is 1.48. The maximum absolute atomic E-state index is 12.7. The summed E-state index contributed by atoms with van der Waals surface area (Å²) in [5, 5.41) is 6.16. The van der Waals surface area contributed by atoms with Crippen LogP contribution in [0.15, 0.2) is 35.7 Å². The summed E-state index contributed by atoms with van der Waals surface area (Å²) in [6.45, 7) is 7.28. The third-order valence-electron chi connectivity index (χ3n) is 5.18. The lowest BCUT2D eigenvalue weighted by atomic mass is 9.94. The summed E-state index contributed by atoms with van der Waals surface area (Å²) in [6.07, 6.45) is 5.39. The van der Waals surface area contributed by atoms with E-state index in [2.05, 4.69) is 20.3 Å². The SMILES string of the molecule is Cc1cc(C)nc(Nc2cccc(C3CCCN(C(=O)/C=C/c4csc(C)n4)C3)n2)n1. The molecule has 1 N–H and O–H groups in total. The van der Waals surface area contributed by atoms with Crippen LogP contribution in [0.2, 0.25) is 0 Å². The van der Waals surface area contributed by atoms with Gasteiger partial charge in [0.15, 0.2) is 0 Å². The number of hydrogen-bond acceptors (Lipinski definition) is 7. The molecule has 1 amide bonds. The van der Waals surface area contributed by atoms with Crippen LogP contribution in [-0.2, 0) is 4.79 Å². The second kappa shape index (κ2) is 9.34. The van der Waals surface area contributed by atoms with E-state index in [0.29, 0.717) is 18.3 Å². The molecule has 8 heteroatoms. The molecule has 1 unspecified atom stereocenters. The predicted octanol–water partition coefficient (Wildman–Crippen LogP) is 4.42. The van der Waals surface area contributed by atoms with E-state index in [0.717, 1.165) is 47.2 Å². The van der Waals surface area contributed by atoms with E-state index in [1.807, 2.05) is 55.3 Å². The van der Waals surface area contributed by atoms with Crippen molar-refractivity contribution in [3.63, 3.8) is 0 Å². The Hall–Kier alpha value is -3.13. The second-order valence-corrected chi connectivity index (χ2v) is 8.86. The summed E-state index contributed by atoms with van der Waals surface area (Å²) >= 11 is 1.58. The largest absolute Gasteiger partial charge is 0.338 e. The lowest BCUT2D eigenvalue weighted by molar-refractivity contribution is -0.127. The minimum Gasteiger partial charge on any atom is -0.338 e. The van der Waals surface area contributed by atoms with Gasteiger partial charge in [-0.1, -0.05) is 6.07 Å². The van der Waals surface area contributed by atoms with E-state index in [4.69, 9.17) is 4.98 Å². The third kappa shape index (κ3) is 5.52. The average molecular weight is 435 g/mol. The molecule has 0 aromatic carbocycles. The van der Waals surface area contributed by atoms with Crippen molar-refractivity contribution in [3.8, 4) is 0 Å². The highest BCUT2D eigenvalue weighted by Gasteiger charge is 2.24. The molecule has 4 heterocycles. The first-order chi connectivity index (χ1) is 15.0. The Bertz CT molecular complexity index is 1090. The van der Waals surface area contributed by atoms with E-state index in [9.17, 15) is 4.79 Å². The van der Waals surface area contributed by atoms with Crippen molar-refractivity contribution in [2.24, 2.45) is 0 Å². The summed E-state index contributed by atoms with van der Waals surface area (Å²) < 4.78 is 0. The van der Waals surface area contributed by atoms with Crippen LogP contribution in [-0.4, -0.2) is 43.8 Å². The van der Waals surface area contributed by atoms with Crippen molar-refractivity contribution in [2.45, 2.75) is 39.5 Å². The molecule has 0 radical (unpaired) electrons. The minimum absolute atomic E-state index is 0.0215. The molecule has 1 fully saturated rings. The molecule has 1 aliphatic heterocycles. The number of aromatic nitrogens is 4. The Morgan fingerprint density at radius 2 is 1.97 bits per heavy atom. The molecule has 3 aromatic heterocycles. The first-order valence-electron chi connectivity index (χ1n) is 10.4. The van der Waals surface area contributed by atoms with Crippen molar-refractivity contribution >= 4 is 35.1 Å². The van der Waals surface area contributed by atoms with E-state index in [1.165, 1.54) is 0 Å². The Labute approximate surface area is 186 Å². The summed E-state index contributed by atoms with van der Waals surface area (Å²) in [7, 11) is 0. The maximum Gasteiger partial charge on any atom is 0.246 e. The first-order valence-corrected chi connectivity index (χ1v) is 11.3. The third-order valence-corrected chi connectivity index (χ3v) is 5.97. The van der Waals surface area contributed by atoms with Gasteiger partial charge < -0.3 is 10.2 Å². The fourth-order valence-corrected chi connectivity index (χ4v) is 4.36. The molecular weight excluding hydrogens is 408 g/mol.